The van der Waals surface area contributed by atoms with Crippen LogP contribution in [0.2, 0.25) is 0 Å². The van der Waals surface area contributed by atoms with Crippen LogP contribution in [0.25, 0.3) is 5.65 Å². The summed E-state index contributed by atoms with van der Waals surface area (Å²) < 4.78 is 14.6. The largest absolute Gasteiger partial charge is 0.393 e. The van der Waals surface area contributed by atoms with Crippen LogP contribution in [-0.2, 0) is 0 Å². The quantitative estimate of drug-likeness (QED) is 0.874. The van der Waals surface area contributed by atoms with Crippen molar-refractivity contribution in [3.05, 3.63) is 36.0 Å². The van der Waals surface area contributed by atoms with Crippen molar-refractivity contribution in [3.63, 3.8) is 0 Å². The Hall–Kier alpha value is -1.95. The highest BCUT2D eigenvalue weighted by Crippen LogP contribution is 2.18. The Balaban J connectivity index is 1.72. The van der Waals surface area contributed by atoms with Crippen molar-refractivity contribution < 1.29 is 14.3 Å². The van der Waals surface area contributed by atoms with Crippen LogP contribution < -0.4 is 5.32 Å². The second-order valence-corrected chi connectivity index (χ2v) is 5.22. The summed E-state index contributed by atoms with van der Waals surface area (Å²) >= 11 is 0. The number of aromatic nitrogens is 2. The average molecular weight is 277 g/mol. The van der Waals surface area contributed by atoms with Crippen molar-refractivity contribution in [1.82, 2.24) is 14.7 Å². The molecule has 3 rings (SSSR count). The molecular formula is C14H16FN3O2. The molecule has 0 aromatic carbocycles. The molecular weight excluding hydrogens is 261 g/mol. The molecule has 0 saturated heterocycles. The first kappa shape index (κ1) is 13.1. The van der Waals surface area contributed by atoms with E-state index in [2.05, 4.69) is 10.3 Å². The van der Waals surface area contributed by atoms with Gasteiger partial charge >= 0.3 is 0 Å². The van der Waals surface area contributed by atoms with E-state index in [1.54, 1.807) is 0 Å². The molecule has 1 aliphatic rings. The maximum Gasteiger partial charge on any atom is 0.271 e. The van der Waals surface area contributed by atoms with Gasteiger partial charge in [0.05, 0.1) is 6.10 Å². The number of amides is 1. The van der Waals surface area contributed by atoms with Gasteiger partial charge in [0.2, 0.25) is 0 Å². The average Bonchev–Trinajstić information content (AvgIpc) is 2.84. The lowest BCUT2D eigenvalue weighted by atomic mass is 9.93. The van der Waals surface area contributed by atoms with Crippen LogP contribution in [0, 0.1) is 5.82 Å². The smallest absolute Gasteiger partial charge is 0.271 e. The van der Waals surface area contributed by atoms with Gasteiger partial charge in [-0.25, -0.2) is 9.37 Å². The SMILES string of the molecule is O=C(NC1CCC(O)CC1)c1cn2cc(F)ccc2n1. The van der Waals surface area contributed by atoms with Crippen LogP contribution in [0.3, 0.4) is 0 Å². The molecule has 2 N–H and O–H groups in total. The molecule has 20 heavy (non-hydrogen) atoms. The van der Waals surface area contributed by atoms with Gasteiger partial charge in [0.25, 0.3) is 5.91 Å². The third kappa shape index (κ3) is 2.65. The Kier molecular flexibility index (Phi) is 3.40. The van der Waals surface area contributed by atoms with Gasteiger partial charge in [0, 0.05) is 18.4 Å². The van der Waals surface area contributed by atoms with Crippen molar-refractivity contribution in [1.29, 1.82) is 0 Å². The van der Waals surface area contributed by atoms with E-state index in [4.69, 9.17) is 0 Å². The zero-order valence-electron chi connectivity index (χ0n) is 10.9. The van der Waals surface area contributed by atoms with Crippen molar-refractivity contribution in [2.45, 2.75) is 37.8 Å². The summed E-state index contributed by atoms with van der Waals surface area (Å²) in [6.07, 6.45) is 5.52. The van der Waals surface area contributed by atoms with Gasteiger partial charge in [0.15, 0.2) is 0 Å². The number of rotatable bonds is 2. The van der Waals surface area contributed by atoms with Gasteiger partial charge in [-0.15, -0.1) is 0 Å². The number of nitrogens with one attached hydrogen (secondary N) is 1. The molecule has 1 amide bonds. The van der Waals surface area contributed by atoms with E-state index in [-0.39, 0.29) is 29.6 Å². The Morgan fingerprint density at radius 2 is 2.05 bits per heavy atom. The van der Waals surface area contributed by atoms with Crippen LogP contribution in [0.4, 0.5) is 4.39 Å². The van der Waals surface area contributed by atoms with Gasteiger partial charge < -0.3 is 14.8 Å². The summed E-state index contributed by atoms with van der Waals surface area (Å²) in [4.78, 5) is 16.3. The molecule has 1 aliphatic carbocycles. The van der Waals surface area contributed by atoms with Crippen molar-refractivity contribution in [2.75, 3.05) is 0 Å². The number of fused-ring (bicyclic) bond motifs is 1. The van der Waals surface area contributed by atoms with Crippen molar-refractivity contribution >= 4 is 11.6 Å². The summed E-state index contributed by atoms with van der Waals surface area (Å²) in [5.41, 5.74) is 0.817. The minimum absolute atomic E-state index is 0.0763. The fourth-order valence-corrected chi connectivity index (χ4v) is 2.55. The molecule has 0 radical (unpaired) electrons. The van der Waals surface area contributed by atoms with Crippen LogP contribution in [0.5, 0.6) is 0 Å². The lowest BCUT2D eigenvalue weighted by Crippen LogP contribution is -2.38. The fourth-order valence-electron chi connectivity index (χ4n) is 2.55. The first-order valence-electron chi connectivity index (χ1n) is 6.75. The normalized spacial score (nSPS) is 22.9. The molecule has 0 aliphatic heterocycles. The number of nitrogens with zero attached hydrogens (tertiary/aromatic N) is 2. The summed E-state index contributed by atoms with van der Waals surface area (Å²) in [7, 11) is 0. The first-order valence-corrected chi connectivity index (χ1v) is 6.75. The van der Waals surface area contributed by atoms with Gasteiger partial charge in [-0.1, -0.05) is 0 Å². The second kappa shape index (κ2) is 5.20. The van der Waals surface area contributed by atoms with E-state index < -0.39 is 0 Å². The third-order valence-electron chi connectivity index (χ3n) is 3.68. The number of hydrogen-bond acceptors (Lipinski definition) is 3. The molecule has 6 heteroatoms. The molecule has 5 nitrogen and oxygen atoms in total. The Labute approximate surface area is 115 Å². The van der Waals surface area contributed by atoms with Gasteiger partial charge in [-0.3, -0.25) is 4.79 Å². The minimum Gasteiger partial charge on any atom is -0.393 e. The van der Waals surface area contributed by atoms with Gasteiger partial charge in [-0.05, 0) is 37.8 Å². The van der Waals surface area contributed by atoms with Crippen LogP contribution in [0.1, 0.15) is 36.2 Å². The topological polar surface area (TPSA) is 66.6 Å². The first-order chi connectivity index (χ1) is 9.61. The van der Waals surface area contributed by atoms with E-state index in [1.807, 2.05) is 0 Å². The predicted molar refractivity (Wildman–Crippen MR) is 70.9 cm³/mol. The van der Waals surface area contributed by atoms with E-state index in [0.29, 0.717) is 18.5 Å². The number of imidazole rings is 1. The number of carbonyl (C=O) groups is 1. The molecule has 106 valence electrons. The molecule has 0 atom stereocenters. The Bertz CT molecular complexity index is 632. The molecule has 0 spiro atoms. The van der Waals surface area contributed by atoms with Crippen molar-refractivity contribution in [2.24, 2.45) is 0 Å². The molecule has 0 bridgehead atoms. The zero-order chi connectivity index (χ0) is 14.1. The molecule has 1 fully saturated rings. The monoisotopic (exact) mass is 277 g/mol. The van der Waals surface area contributed by atoms with Gasteiger partial charge in [0.1, 0.15) is 17.2 Å². The molecule has 0 unspecified atom stereocenters. The van der Waals surface area contributed by atoms with E-state index in [9.17, 15) is 14.3 Å². The number of carbonyl (C=O) groups excluding carboxylic acids is 1. The highest BCUT2D eigenvalue weighted by Gasteiger charge is 2.22. The van der Waals surface area contributed by atoms with Gasteiger partial charge in [-0.2, -0.15) is 0 Å². The molecule has 2 heterocycles. The lowest BCUT2D eigenvalue weighted by Gasteiger charge is -2.25. The summed E-state index contributed by atoms with van der Waals surface area (Å²) in [6, 6.07) is 2.92. The van der Waals surface area contributed by atoms with E-state index >= 15 is 0 Å². The molecule has 2 aromatic rings. The number of aliphatic hydroxyl groups is 1. The maximum absolute atomic E-state index is 13.1. The zero-order valence-corrected chi connectivity index (χ0v) is 10.9. The summed E-state index contributed by atoms with van der Waals surface area (Å²) in [5.74, 6) is -0.626. The number of aliphatic hydroxyl groups excluding tert-OH is 1. The van der Waals surface area contributed by atoms with Crippen LogP contribution >= 0.6 is 0 Å². The molecule has 1 saturated carbocycles. The highest BCUT2D eigenvalue weighted by molar-refractivity contribution is 5.93. The predicted octanol–water partition coefficient (Wildman–Crippen LogP) is 1.51. The maximum atomic E-state index is 13.1. The second-order valence-electron chi connectivity index (χ2n) is 5.22. The third-order valence-corrected chi connectivity index (χ3v) is 3.68. The van der Waals surface area contributed by atoms with E-state index in [1.165, 1.54) is 28.9 Å². The summed E-state index contributed by atoms with van der Waals surface area (Å²) in [5, 5.41) is 12.3. The number of halogens is 1. The van der Waals surface area contributed by atoms with Crippen molar-refractivity contribution in [3.8, 4) is 0 Å². The van der Waals surface area contributed by atoms with Crippen LogP contribution in [-0.4, -0.2) is 32.5 Å². The summed E-state index contributed by atoms with van der Waals surface area (Å²) in [6.45, 7) is 0. The lowest BCUT2D eigenvalue weighted by molar-refractivity contribution is 0.0864. The number of pyridine rings is 1. The minimum atomic E-state index is -0.372. The fraction of sp³-hybridized carbons (Fsp3) is 0.429. The molecule has 2 aromatic heterocycles. The Morgan fingerprint density at radius 3 is 2.80 bits per heavy atom. The number of hydrogen-bond donors (Lipinski definition) is 2. The standard InChI is InChI=1S/C14H16FN3O2/c15-9-1-6-13-17-12(8-18(13)7-9)14(20)16-10-2-4-11(19)5-3-10/h1,6-8,10-11,19H,2-5H2,(H,16,20). The van der Waals surface area contributed by atoms with Crippen LogP contribution in [0.15, 0.2) is 24.5 Å². The highest BCUT2D eigenvalue weighted by atomic mass is 19.1. The van der Waals surface area contributed by atoms with E-state index in [0.717, 1.165) is 12.8 Å². The Morgan fingerprint density at radius 1 is 1.30 bits per heavy atom.